The molecule has 27 heavy (non-hydrogen) atoms. The van der Waals surface area contributed by atoms with Gasteiger partial charge in [0.05, 0.1) is 4.90 Å². The van der Waals surface area contributed by atoms with Crippen molar-refractivity contribution in [2.24, 2.45) is 0 Å². The minimum atomic E-state index is -3.40. The Labute approximate surface area is 163 Å². The Balaban J connectivity index is 1.63. The van der Waals surface area contributed by atoms with Gasteiger partial charge < -0.3 is 4.90 Å². The number of sulfonamides is 1. The summed E-state index contributed by atoms with van der Waals surface area (Å²) in [4.78, 5) is 2.88. The van der Waals surface area contributed by atoms with Crippen molar-refractivity contribution in [2.45, 2.75) is 50.5 Å². The topological polar surface area (TPSA) is 49.4 Å². The van der Waals surface area contributed by atoms with Gasteiger partial charge in [-0.1, -0.05) is 43.3 Å². The second-order valence-electron chi connectivity index (χ2n) is 7.40. The third kappa shape index (κ3) is 5.18. The molecule has 146 valence electrons. The van der Waals surface area contributed by atoms with Gasteiger partial charge in [-0.25, -0.2) is 13.1 Å². The van der Waals surface area contributed by atoms with Gasteiger partial charge >= 0.3 is 0 Å². The van der Waals surface area contributed by atoms with Gasteiger partial charge in [0.1, 0.15) is 0 Å². The fourth-order valence-corrected chi connectivity index (χ4v) is 4.74. The maximum Gasteiger partial charge on any atom is 0.240 e. The lowest BCUT2D eigenvalue weighted by atomic mass is 10.0. The zero-order valence-corrected chi connectivity index (χ0v) is 17.1. The molecule has 1 heterocycles. The van der Waals surface area contributed by atoms with Gasteiger partial charge in [0, 0.05) is 19.1 Å². The molecule has 0 bridgehead atoms. The average Bonchev–Trinajstić information content (AvgIpc) is 3.10. The van der Waals surface area contributed by atoms with Crippen molar-refractivity contribution in [2.75, 3.05) is 19.6 Å². The molecule has 0 saturated carbocycles. The molecule has 0 spiro atoms. The van der Waals surface area contributed by atoms with E-state index >= 15 is 0 Å². The van der Waals surface area contributed by atoms with Crippen LogP contribution in [0.25, 0.3) is 11.1 Å². The molecule has 1 N–H and O–H groups in total. The molecule has 4 nitrogen and oxygen atoms in total. The van der Waals surface area contributed by atoms with Crippen LogP contribution in [0.15, 0.2) is 53.4 Å². The standard InChI is InChI=1S/C22H30N2O2S/c1-3-15-23-27(25,26)22-12-10-21(11-13-22)20-8-6-19(7-9-20)14-17-24-16-4-5-18(24)2/h6-13,18,23H,3-5,14-17H2,1-2H3/t18-/m1/s1. The van der Waals surface area contributed by atoms with Crippen LogP contribution in [0.3, 0.4) is 0 Å². The van der Waals surface area contributed by atoms with Gasteiger partial charge in [-0.3, -0.25) is 0 Å². The summed E-state index contributed by atoms with van der Waals surface area (Å²) < 4.78 is 26.9. The molecule has 1 aliphatic rings. The first kappa shape index (κ1) is 20.1. The van der Waals surface area contributed by atoms with Crippen LogP contribution in [-0.4, -0.2) is 39.0 Å². The number of nitrogens with one attached hydrogen (secondary N) is 1. The number of nitrogens with zero attached hydrogens (tertiary/aromatic N) is 1. The van der Waals surface area contributed by atoms with Crippen molar-refractivity contribution in [3.05, 3.63) is 54.1 Å². The summed E-state index contributed by atoms with van der Waals surface area (Å²) in [6, 6.07) is 16.4. The zero-order chi connectivity index (χ0) is 19.3. The summed E-state index contributed by atoms with van der Waals surface area (Å²) in [7, 11) is -3.40. The molecule has 2 aromatic carbocycles. The minimum Gasteiger partial charge on any atom is -0.300 e. The summed E-state index contributed by atoms with van der Waals surface area (Å²) in [5, 5.41) is 0. The van der Waals surface area contributed by atoms with Crippen LogP contribution < -0.4 is 4.72 Å². The first-order valence-corrected chi connectivity index (χ1v) is 11.4. The fourth-order valence-electron chi connectivity index (χ4n) is 3.61. The summed E-state index contributed by atoms with van der Waals surface area (Å²) >= 11 is 0. The Morgan fingerprint density at radius 2 is 1.67 bits per heavy atom. The van der Waals surface area contributed by atoms with Gasteiger partial charge in [0.2, 0.25) is 10.0 Å². The van der Waals surface area contributed by atoms with Crippen LogP contribution in [0.1, 0.15) is 38.7 Å². The highest BCUT2D eigenvalue weighted by Crippen LogP contribution is 2.23. The number of hydrogen-bond donors (Lipinski definition) is 1. The fraction of sp³-hybridized carbons (Fsp3) is 0.455. The predicted octanol–water partition coefficient (Wildman–Crippen LogP) is 4.07. The largest absolute Gasteiger partial charge is 0.300 e. The van der Waals surface area contributed by atoms with Gasteiger partial charge in [-0.15, -0.1) is 0 Å². The van der Waals surface area contributed by atoms with E-state index in [0.717, 1.165) is 30.5 Å². The summed E-state index contributed by atoms with van der Waals surface area (Å²) in [6.07, 6.45) is 4.49. The Hall–Kier alpha value is -1.69. The lowest BCUT2D eigenvalue weighted by Crippen LogP contribution is -2.28. The highest BCUT2D eigenvalue weighted by molar-refractivity contribution is 7.89. The monoisotopic (exact) mass is 386 g/mol. The lowest BCUT2D eigenvalue weighted by molar-refractivity contribution is 0.272. The van der Waals surface area contributed by atoms with E-state index in [4.69, 9.17) is 0 Å². The molecular formula is C22H30N2O2S. The maximum atomic E-state index is 12.2. The van der Waals surface area contributed by atoms with Crippen molar-refractivity contribution >= 4 is 10.0 Å². The van der Waals surface area contributed by atoms with Crippen molar-refractivity contribution in [1.82, 2.24) is 9.62 Å². The predicted molar refractivity (Wildman–Crippen MR) is 111 cm³/mol. The zero-order valence-electron chi connectivity index (χ0n) is 16.3. The van der Waals surface area contributed by atoms with E-state index in [-0.39, 0.29) is 0 Å². The molecule has 5 heteroatoms. The molecular weight excluding hydrogens is 356 g/mol. The van der Waals surface area contributed by atoms with E-state index in [2.05, 4.69) is 40.8 Å². The number of hydrogen-bond acceptors (Lipinski definition) is 3. The van der Waals surface area contributed by atoms with Crippen LogP contribution >= 0.6 is 0 Å². The molecule has 1 fully saturated rings. The third-order valence-electron chi connectivity index (χ3n) is 5.37. The Morgan fingerprint density at radius 1 is 1.04 bits per heavy atom. The van der Waals surface area contributed by atoms with Gasteiger partial charge in [0.15, 0.2) is 0 Å². The molecule has 0 unspecified atom stereocenters. The quantitative estimate of drug-likeness (QED) is 0.744. The van der Waals surface area contributed by atoms with Gasteiger partial charge in [-0.2, -0.15) is 0 Å². The van der Waals surface area contributed by atoms with Gasteiger partial charge in [-0.05, 0) is 68.0 Å². The summed E-state index contributed by atoms with van der Waals surface area (Å²) in [5.41, 5.74) is 3.49. The molecule has 0 aliphatic carbocycles. The first-order chi connectivity index (χ1) is 13.0. The maximum absolute atomic E-state index is 12.2. The normalized spacial score (nSPS) is 18.1. The average molecular weight is 387 g/mol. The minimum absolute atomic E-state index is 0.316. The van der Waals surface area contributed by atoms with E-state index < -0.39 is 10.0 Å². The SMILES string of the molecule is CCCNS(=O)(=O)c1ccc(-c2ccc(CCN3CCC[C@H]3C)cc2)cc1. The molecule has 1 aliphatic heterocycles. The van der Waals surface area contributed by atoms with Crippen molar-refractivity contribution in [3.8, 4) is 11.1 Å². The van der Waals surface area contributed by atoms with E-state index in [1.54, 1.807) is 12.1 Å². The first-order valence-electron chi connectivity index (χ1n) is 9.92. The highest BCUT2D eigenvalue weighted by Gasteiger charge is 2.19. The van der Waals surface area contributed by atoms with Crippen molar-refractivity contribution in [3.63, 3.8) is 0 Å². The summed E-state index contributed by atoms with van der Waals surface area (Å²) in [6.45, 7) is 7.07. The second-order valence-corrected chi connectivity index (χ2v) is 9.16. The Kier molecular flexibility index (Phi) is 6.68. The number of likely N-dealkylation sites (tertiary alicyclic amines) is 1. The third-order valence-corrected chi connectivity index (χ3v) is 6.85. The van der Waals surface area contributed by atoms with Crippen LogP contribution in [-0.2, 0) is 16.4 Å². The second kappa shape index (κ2) is 9.00. The molecule has 0 amide bonds. The number of benzene rings is 2. The number of rotatable bonds is 8. The van der Waals surface area contributed by atoms with E-state index in [1.807, 2.05) is 19.1 Å². The Morgan fingerprint density at radius 3 is 2.22 bits per heavy atom. The van der Waals surface area contributed by atoms with Crippen LogP contribution in [0, 0.1) is 0 Å². The Bertz CT molecular complexity index is 830. The van der Waals surface area contributed by atoms with Crippen LogP contribution in [0.2, 0.25) is 0 Å². The molecule has 0 radical (unpaired) electrons. The molecule has 3 rings (SSSR count). The van der Waals surface area contributed by atoms with E-state index in [0.29, 0.717) is 17.5 Å². The molecule has 0 aromatic heterocycles. The lowest BCUT2D eigenvalue weighted by Gasteiger charge is -2.20. The van der Waals surface area contributed by atoms with Crippen LogP contribution in [0.5, 0.6) is 0 Å². The van der Waals surface area contributed by atoms with Crippen molar-refractivity contribution < 1.29 is 8.42 Å². The summed E-state index contributed by atoms with van der Waals surface area (Å²) in [5.74, 6) is 0. The van der Waals surface area contributed by atoms with Gasteiger partial charge in [0.25, 0.3) is 0 Å². The van der Waals surface area contributed by atoms with Crippen LogP contribution in [0.4, 0.5) is 0 Å². The smallest absolute Gasteiger partial charge is 0.240 e. The highest BCUT2D eigenvalue weighted by atomic mass is 32.2. The van der Waals surface area contributed by atoms with Crippen molar-refractivity contribution in [1.29, 1.82) is 0 Å². The molecule has 2 aromatic rings. The van der Waals surface area contributed by atoms with E-state index in [9.17, 15) is 8.42 Å². The molecule has 1 atom stereocenters. The molecule has 1 saturated heterocycles. The van der Waals surface area contributed by atoms with E-state index in [1.165, 1.54) is 24.9 Å².